The lowest BCUT2D eigenvalue weighted by molar-refractivity contribution is 0.145. The molecule has 1 aromatic rings. The third kappa shape index (κ3) is 2.74. The van der Waals surface area contributed by atoms with E-state index in [-0.39, 0.29) is 12.1 Å². The molecule has 0 radical (unpaired) electrons. The van der Waals surface area contributed by atoms with Crippen molar-refractivity contribution in [2.45, 2.75) is 12.5 Å². The summed E-state index contributed by atoms with van der Waals surface area (Å²) in [5, 5.41) is 8.79. The van der Waals surface area contributed by atoms with Gasteiger partial charge in [0.25, 0.3) is 0 Å². The van der Waals surface area contributed by atoms with Crippen molar-refractivity contribution < 1.29 is 19.4 Å². The highest BCUT2D eigenvalue weighted by molar-refractivity contribution is 5.65. The van der Waals surface area contributed by atoms with Gasteiger partial charge >= 0.3 is 12.1 Å². The maximum atomic E-state index is 10.7. The molecular formula is C10H13N3O4. The Bertz CT molecular complexity index is 395. The van der Waals surface area contributed by atoms with Crippen LogP contribution in [-0.4, -0.2) is 52.4 Å². The van der Waals surface area contributed by atoms with Crippen LogP contribution in [0.25, 0.3) is 0 Å². The zero-order valence-corrected chi connectivity index (χ0v) is 9.37. The molecule has 17 heavy (non-hydrogen) atoms. The Hall–Kier alpha value is -2.05. The Morgan fingerprint density at radius 1 is 1.53 bits per heavy atom. The number of likely N-dealkylation sites (tertiary alicyclic amines) is 1. The number of ether oxygens (including phenoxy) is 2. The van der Waals surface area contributed by atoms with Crippen molar-refractivity contribution in [2.24, 2.45) is 0 Å². The normalized spacial score (nSPS) is 19.1. The standard InChI is InChI=1S/C10H13N3O4/c1-16-9-11-4-8(5-12-9)17-7-2-3-13(6-7)10(14)15/h4-5,7H,2-3,6H2,1H3,(H,14,15). The Balaban J connectivity index is 1.91. The number of carbonyl (C=O) groups is 1. The number of rotatable bonds is 3. The molecule has 1 atom stereocenters. The zero-order valence-electron chi connectivity index (χ0n) is 9.37. The second-order valence-electron chi connectivity index (χ2n) is 3.66. The van der Waals surface area contributed by atoms with Gasteiger partial charge in [0, 0.05) is 13.0 Å². The highest BCUT2D eigenvalue weighted by atomic mass is 16.5. The van der Waals surface area contributed by atoms with E-state index in [1.165, 1.54) is 24.4 Å². The van der Waals surface area contributed by atoms with E-state index in [4.69, 9.17) is 14.6 Å². The zero-order chi connectivity index (χ0) is 12.3. The van der Waals surface area contributed by atoms with Crippen LogP contribution in [0.5, 0.6) is 11.8 Å². The lowest BCUT2D eigenvalue weighted by atomic mass is 10.3. The number of aromatic nitrogens is 2. The highest BCUT2D eigenvalue weighted by Crippen LogP contribution is 2.17. The quantitative estimate of drug-likeness (QED) is 0.832. The second-order valence-corrected chi connectivity index (χ2v) is 3.66. The first-order chi connectivity index (χ1) is 8.19. The largest absolute Gasteiger partial charge is 0.485 e. The minimum absolute atomic E-state index is 0.136. The van der Waals surface area contributed by atoms with Crippen molar-refractivity contribution in [3.63, 3.8) is 0 Å². The van der Waals surface area contributed by atoms with Gasteiger partial charge in [0.2, 0.25) is 0 Å². The fourth-order valence-electron chi connectivity index (χ4n) is 1.66. The van der Waals surface area contributed by atoms with Gasteiger partial charge in [-0.25, -0.2) is 4.79 Å². The van der Waals surface area contributed by atoms with Crippen LogP contribution in [-0.2, 0) is 0 Å². The number of carboxylic acid groups (broad SMARTS) is 1. The SMILES string of the molecule is COc1ncc(OC2CCN(C(=O)O)C2)cn1. The molecule has 0 saturated carbocycles. The molecule has 1 N–H and O–H groups in total. The monoisotopic (exact) mass is 239 g/mol. The van der Waals surface area contributed by atoms with Gasteiger partial charge < -0.3 is 19.5 Å². The maximum absolute atomic E-state index is 10.7. The van der Waals surface area contributed by atoms with Crippen LogP contribution in [0.2, 0.25) is 0 Å². The van der Waals surface area contributed by atoms with E-state index < -0.39 is 6.09 Å². The predicted octanol–water partition coefficient (Wildman–Crippen LogP) is 0.616. The van der Waals surface area contributed by atoms with Crippen molar-refractivity contribution in [1.29, 1.82) is 0 Å². The van der Waals surface area contributed by atoms with Gasteiger partial charge in [-0.2, -0.15) is 9.97 Å². The van der Waals surface area contributed by atoms with Crippen LogP contribution < -0.4 is 9.47 Å². The highest BCUT2D eigenvalue weighted by Gasteiger charge is 2.27. The first-order valence-electron chi connectivity index (χ1n) is 5.19. The Morgan fingerprint density at radius 3 is 2.76 bits per heavy atom. The molecule has 2 heterocycles. The smallest absolute Gasteiger partial charge is 0.407 e. The van der Waals surface area contributed by atoms with Gasteiger partial charge in [-0.3, -0.25) is 0 Å². The van der Waals surface area contributed by atoms with Crippen molar-refractivity contribution in [3.8, 4) is 11.8 Å². The number of hydrogen-bond donors (Lipinski definition) is 1. The van der Waals surface area contributed by atoms with Gasteiger partial charge in [-0.1, -0.05) is 0 Å². The number of nitrogens with zero attached hydrogens (tertiary/aromatic N) is 3. The summed E-state index contributed by atoms with van der Waals surface area (Å²) in [6.07, 6.45) is 2.65. The minimum Gasteiger partial charge on any atom is -0.485 e. The molecule has 1 amide bonds. The van der Waals surface area contributed by atoms with Crippen LogP contribution in [0.1, 0.15) is 6.42 Å². The topological polar surface area (TPSA) is 84.8 Å². The van der Waals surface area contributed by atoms with E-state index in [0.717, 1.165) is 0 Å². The maximum Gasteiger partial charge on any atom is 0.407 e. The van der Waals surface area contributed by atoms with Crippen molar-refractivity contribution in [2.75, 3.05) is 20.2 Å². The van der Waals surface area contributed by atoms with E-state index in [1.807, 2.05) is 0 Å². The van der Waals surface area contributed by atoms with Gasteiger partial charge in [0.05, 0.1) is 26.0 Å². The van der Waals surface area contributed by atoms with Gasteiger partial charge in [0.15, 0.2) is 5.75 Å². The summed E-state index contributed by atoms with van der Waals surface area (Å²) in [5.74, 6) is 0.517. The van der Waals surface area contributed by atoms with Crippen molar-refractivity contribution >= 4 is 6.09 Å². The molecule has 1 aliphatic rings. The van der Waals surface area contributed by atoms with Crippen LogP contribution in [0, 0.1) is 0 Å². The lowest BCUT2D eigenvalue weighted by Crippen LogP contribution is -2.29. The molecule has 0 aromatic carbocycles. The van der Waals surface area contributed by atoms with E-state index in [9.17, 15) is 4.79 Å². The van der Waals surface area contributed by atoms with E-state index >= 15 is 0 Å². The van der Waals surface area contributed by atoms with Gasteiger partial charge in [0.1, 0.15) is 6.10 Å². The number of methoxy groups -OCH3 is 1. The average Bonchev–Trinajstić information content (AvgIpc) is 2.79. The molecule has 0 spiro atoms. The average molecular weight is 239 g/mol. The fourth-order valence-corrected chi connectivity index (χ4v) is 1.66. The number of hydrogen-bond acceptors (Lipinski definition) is 5. The van der Waals surface area contributed by atoms with Crippen LogP contribution in [0.3, 0.4) is 0 Å². The van der Waals surface area contributed by atoms with Crippen LogP contribution in [0.15, 0.2) is 12.4 Å². The molecule has 1 aromatic heterocycles. The molecule has 2 rings (SSSR count). The molecule has 1 saturated heterocycles. The third-order valence-electron chi connectivity index (χ3n) is 2.51. The molecule has 7 heteroatoms. The Labute approximate surface area is 98.0 Å². The molecule has 1 unspecified atom stereocenters. The number of amides is 1. The summed E-state index contributed by atoms with van der Waals surface area (Å²) in [5.41, 5.74) is 0. The molecule has 0 aliphatic carbocycles. The summed E-state index contributed by atoms with van der Waals surface area (Å²) < 4.78 is 10.4. The summed E-state index contributed by atoms with van der Waals surface area (Å²) in [4.78, 5) is 19.9. The first-order valence-corrected chi connectivity index (χ1v) is 5.19. The van der Waals surface area contributed by atoms with Gasteiger partial charge in [-0.05, 0) is 0 Å². The molecule has 92 valence electrons. The minimum atomic E-state index is -0.915. The van der Waals surface area contributed by atoms with E-state index in [1.54, 1.807) is 0 Å². The van der Waals surface area contributed by atoms with Gasteiger partial charge in [-0.15, -0.1) is 0 Å². The van der Waals surface area contributed by atoms with Crippen LogP contribution >= 0.6 is 0 Å². The van der Waals surface area contributed by atoms with E-state index in [2.05, 4.69) is 9.97 Å². The van der Waals surface area contributed by atoms with Crippen LogP contribution in [0.4, 0.5) is 4.79 Å². The summed E-state index contributed by atoms with van der Waals surface area (Å²) in [7, 11) is 1.48. The first kappa shape index (κ1) is 11.4. The Kier molecular flexibility index (Phi) is 3.27. The molecule has 1 aliphatic heterocycles. The van der Waals surface area contributed by atoms with E-state index in [0.29, 0.717) is 25.3 Å². The fraction of sp³-hybridized carbons (Fsp3) is 0.500. The lowest BCUT2D eigenvalue weighted by Gasteiger charge is -2.13. The molecule has 7 nitrogen and oxygen atoms in total. The predicted molar refractivity (Wildman–Crippen MR) is 57.2 cm³/mol. The summed E-state index contributed by atoms with van der Waals surface area (Å²) in [6.45, 7) is 0.873. The molecule has 1 fully saturated rings. The molecule has 0 bridgehead atoms. The second kappa shape index (κ2) is 4.86. The van der Waals surface area contributed by atoms with Crippen molar-refractivity contribution in [3.05, 3.63) is 12.4 Å². The third-order valence-corrected chi connectivity index (χ3v) is 2.51. The molecular weight excluding hydrogens is 226 g/mol. The summed E-state index contributed by atoms with van der Waals surface area (Å²) in [6, 6.07) is 0.274. The summed E-state index contributed by atoms with van der Waals surface area (Å²) >= 11 is 0. The van der Waals surface area contributed by atoms with Crippen molar-refractivity contribution in [1.82, 2.24) is 14.9 Å². The Morgan fingerprint density at radius 2 is 2.24 bits per heavy atom.